The van der Waals surface area contributed by atoms with Crippen molar-refractivity contribution < 1.29 is 9.32 Å². The second kappa shape index (κ2) is 6.96. The maximum atomic E-state index is 12.5. The van der Waals surface area contributed by atoms with Gasteiger partial charge < -0.3 is 9.42 Å². The first kappa shape index (κ1) is 16.8. The first-order valence-electron chi connectivity index (χ1n) is 8.49. The second-order valence-corrected chi connectivity index (χ2v) is 7.31. The average molecular weight is 365 g/mol. The van der Waals surface area contributed by atoms with Gasteiger partial charge in [0.2, 0.25) is 5.91 Å². The summed E-state index contributed by atoms with van der Waals surface area (Å²) in [4.78, 5) is 20.0. The maximum absolute atomic E-state index is 12.5. The molecule has 2 heterocycles. The number of aromatic nitrogens is 2. The van der Waals surface area contributed by atoms with Gasteiger partial charge in [-0.3, -0.25) is 4.79 Å². The Hall–Kier alpha value is -2.60. The molecular formula is C20H19N3O2S. The SMILES string of the molecule is CSc1cccc(N2CC(c3noc(-c4ccc(C)cc4)n3)CC2=O)c1. The van der Waals surface area contributed by atoms with Crippen molar-refractivity contribution in [1.29, 1.82) is 0 Å². The summed E-state index contributed by atoms with van der Waals surface area (Å²) in [6.07, 6.45) is 2.43. The molecule has 1 aliphatic rings. The third-order valence-electron chi connectivity index (χ3n) is 4.60. The normalized spacial score (nSPS) is 17.1. The van der Waals surface area contributed by atoms with Crippen LogP contribution in [0.15, 0.2) is 57.9 Å². The van der Waals surface area contributed by atoms with Gasteiger partial charge in [-0.1, -0.05) is 28.9 Å². The molecule has 0 aliphatic carbocycles. The summed E-state index contributed by atoms with van der Waals surface area (Å²) in [5, 5.41) is 4.12. The van der Waals surface area contributed by atoms with Crippen LogP contribution in [0.4, 0.5) is 5.69 Å². The zero-order valence-electron chi connectivity index (χ0n) is 14.7. The Bertz CT molecular complexity index is 936. The molecule has 0 N–H and O–H groups in total. The lowest BCUT2D eigenvalue weighted by atomic mass is 10.1. The molecule has 1 amide bonds. The lowest BCUT2D eigenvalue weighted by Gasteiger charge is -2.16. The Kier molecular flexibility index (Phi) is 4.51. The van der Waals surface area contributed by atoms with Crippen LogP contribution < -0.4 is 4.90 Å². The number of hydrogen-bond acceptors (Lipinski definition) is 5. The quantitative estimate of drug-likeness (QED) is 0.646. The molecule has 26 heavy (non-hydrogen) atoms. The predicted octanol–water partition coefficient (Wildman–Crippen LogP) is 4.29. The van der Waals surface area contributed by atoms with E-state index in [4.69, 9.17) is 4.52 Å². The number of carbonyl (C=O) groups is 1. The standard InChI is InChI=1S/C20H19N3O2S/c1-13-6-8-14(9-7-13)20-21-19(22-25-20)15-10-18(24)23(12-15)16-4-3-5-17(11-16)26-2/h3-9,11,15H,10,12H2,1-2H3. The van der Waals surface area contributed by atoms with Crippen molar-refractivity contribution in [3.63, 3.8) is 0 Å². The first-order chi connectivity index (χ1) is 12.6. The van der Waals surface area contributed by atoms with E-state index in [1.807, 2.05) is 66.6 Å². The zero-order chi connectivity index (χ0) is 18.1. The van der Waals surface area contributed by atoms with Crippen LogP contribution in [0.3, 0.4) is 0 Å². The van der Waals surface area contributed by atoms with Gasteiger partial charge in [-0.2, -0.15) is 4.98 Å². The highest BCUT2D eigenvalue weighted by Gasteiger charge is 2.34. The van der Waals surface area contributed by atoms with Gasteiger partial charge in [0, 0.05) is 35.0 Å². The Morgan fingerprint density at radius 3 is 2.77 bits per heavy atom. The van der Waals surface area contributed by atoms with Crippen LogP contribution in [0.2, 0.25) is 0 Å². The summed E-state index contributed by atoms with van der Waals surface area (Å²) in [5.74, 6) is 1.13. The molecule has 0 radical (unpaired) electrons. The third-order valence-corrected chi connectivity index (χ3v) is 5.32. The fraction of sp³-hybridized carbons (Fsp3) is 0.250. The summed E-state index contributed by atoms with van der Waals surface area (Å²) < 4.78 is 5.42. The lowest BCUT2D eigenvalue weighted by Crippen LogP contribution is -2.24. The van der Waals surface area contributed by atoms with E-state index in [0.29, 0.717) is 24.7 Å². The molecular weight excluding hydrogens is 346 g/mol. The maximum Gasteiger partial charge on any atom is 0.257 e. The van der Waals surface area contributed by atoms with Gasteiger partial charge in [0.1, 0.15) is 0 Å². The minimum atomic E-state index is -0.0524. The van der Waals surface area contributed by atoms with E-state index in [0.717, 1.165) is 16.1 Å². The third kappa shape index (κ3) is 3.24. The van der Waals surface area contributed by atoms with E-state index < -0.39 is 0 Å². The molecule has 1 saturated heterocycles. The molecule has 1 unspecified atom stereocenters. The smallest absolute Gasteiger partial charge is 0.257 e. The molecule has 1 atom stereocenters. The van der Waals surface area contributed by atoms with E-state index in [1.54, 1.807) is 11.8 Å². The van der Waals surface area contributed by atoms with Crippen LogP contribution in [0, 0.1) is 6.92 Å². The number of aryl methyl sites for hydroxylation is 1. The molecule has 0 bridgehead atoms. The predicted molar refractivity (Wildman–Crippen MR) is 102 cm³/mol. The van der Waals surface area contributed by atoms with Crippen LogP contribution in [-0.2, 0) is 4.79 Å². The van der Waals surface area contributed by atoms with Crippen LogP contribution in [0.25, 0.3) is 11.5 Å². The van der Waals surface area contributed by atoms with E-state index in [2.05, 4.69) is 10.1 Å². The number of rotatable bonds is 4. The highest BCUT2D eigenvalue weighted by molar-refractivity contribution is 7.98. The van der Waals surface area contributed by atoms with E-state index in [-0.39, 0.29) is 11.8 Å². The Balaban J connectivity index is 1.54. The molecule has 6 heteroatoms. The fourth-order valence-electron chi connectivity index (χ4n) is 3.12. The van der Waals surface area contributed by atoms with E-state index in [1.165, 1.54) is 5.56 Å². The Labute approximate surface area is 156 Å². The van der Waals surface area contributed by atoms with Crippen molar-refractivity contribution in [2.75, 3.05) is 17.7 Å². The molecule has 2 aromatic carbocycles. The topological polar surface area (TPSA) is 59.2 Å². The van der Waals surface area contributed by atoms with Crippen molar-refractivity contribution in [3.8, 4) is 11.5 Å². The molecule has 1 aliphatic heterocycles. The number of hydrogen-bond donors (Lipinski definition) is 0. The van der Waals surface area contributed by atoms with Gasteiger partial charge in [-0.25, -0.2) is 0 Å². The zero-order valence-corrected chi connectivity index (χ0v) is 15.5. The molecule has 132 valence electrons. The summed E-state index contributed by atoms with van der Waals surface area (Å²) in [6.45, 7) is 2.61. The monoisotopic (exact) mass is 365 g/mol. The summed E-state index contributed by atoms with van der Waals surface area (Å²) in [7, 11) is 0. The van der Waals surface area contributed by atoms with Crippen molar-refractivity contribution in [3.05, 3.63) is 59.9 Å². The highest BCUT2D eigenvalue weighted by Crippen LogP contribution is 2.32. The second-order valence-electron chi connectivity index (χ2n) is 6.43. The van der Waals surface area contributed by atoms with Gasteiger partial charge >= 0.3 is 0 Å². The number of thioether (sulfide) groups is 1. The Morgan fingerprint density at radius 1 is 1.19 bits per heavy atom. The highest BCUT2D eigenvalue weighted by atomic mass is 32.2. The van der Waals surface area contributed by atoms with Gasteiger partial charge in [0.25, 0.3) is 5.89 Å². The van der Waals surface area contributed by atoms with Crippen LogP contribution in [-0.4, -0.2) is 28.8 Å². The van der Waals surface area contributed by atoms with Gasteiger partial charge in [0.15, 0.2) is 5.82 Å². The summed E-state index contributed by atoms with van der Waals surface area (Å²) >= 11 is 1.66. The number of amides is 1. The number of carbonyl (C=O) groups excluding carboxylic acids is 1. The molecule has 0 saturated carbocycles. The van der Waals surface area contributed by atoms with E-state index >= 15 is 0 Å². The minimum Gasteiger partial charge on any atom is -0.334 e. The van der Waals surface area contributed by atoms with Gasteiger partial charge in [0.05, 0.1) is 0 Å². The fourth-order valence-corrected chi connectivity index (χ4v) is 3.58. The Morgan fingerprint density at radius 2 is 2.00 bits per heavy atom. The van der Waals surface area contributed by atoms with Crippen molar-refractivity contribution in [1.82, 2.24) is 10.1 Å². The van der Waals surface area contributed by atoms with Gasteiger partial charge in [-0.15, -0.1) is 11.8 Å². The molecule has 4 rings (SSSR count). The molecule has 1 fully saturated rings. The molecule has 5 nitrogen and oxygen atoms in total. The van der Waals surface area contributed by atoms with Crippen molar-refractivity contribution >= 4 is 23.4 Å². The van der Waals surface area contributed by atoms with E-state index in [9.17, 15) is 4.79 Å². The molecule has 3 aromatic rings. The summed E-state index contributed by atoms with van der Waals surface area (Å²) in [6, 6.07) is 16.0. The lowest BCUT2D eigenvalue weighted by molar-refractivity contribution is -0.117. The molecule has 0 spiro atoms. The van der Waals surface area contributed by atoms with Gasteiger partial charge in [-0.05, 0) is 43.5 Å². The van der Waals surface area contributed by atoms with Crippen molar-refractivity contribution in [2.45, 2.75) is 24.2 Å². The number of nitrogens with zero attached hydrogens (tertiary/aromatic N) is 3. The largest absolute Gasteiger partial charge is 0.334 e. The molecule has 1 aromatic heterocycles. The average Bonchev–Trinajstić information content (AvgIpc) is 3.29. The van der Waals surface area contributed by atoms with Crippen molar-refractivity contribution in [2.24, 2.45) is 0 Å². The van der Waals surface area contributed by atoms with Crippen LogP contribution >= 0.6 is 11.8 Å². The first-order valence-corrected chi connectivity index (χ1v) is 9.71. The van der Waals surface area contributed by atoms with Crippen LogP contribution in [0.5, 0.6) is 0 Å². The number of benzene rings is 2. The summed E-state index contributed by atoms with van der Waals surface area (Å²) in [5.41, 5.74) is 2.99. The van der Waals surface area contributed by atoms with Crippen LogP contribution in [0.1, 0.15) is 23.7 Å². The number of anilines is 1. The minimum absolute atomic E-state index is 0.0524.